The van der Waals surface area contributed by atoms with Crippen LogP contribution in [-0.2, 0) is 4.74 Å². The van der Waals surface area contributed by atoms with Crippen LogP contribution in [0.2, 0.25) is 10.0 Å². The summed E-state index contributed by atoms with van der Waals surface area (Å²) in [5, 5.41) is 1.69. The van der Waals surface area contributed by atoms with Gasteiger partial charge in [-0.25, -0.2) is 4.79 Å². The summed E-state index contributed by atoms with van der Waals surface area (Å²) in [5.41, 5.74) is 0.813. The molecule has 1 heterocycles. The van der Waals surface area contributed by atoms with Crippen molar-refractivity contribution in [2.75, 3.05) is 7.11 Å². The summed E-state index contributed by atoms with van der Waals surface area (Å²) in [6.45, 7) is 0. The van der Waals surface area contributed by atoms with Gasteiger partial charge in [0.05, 0.1) is 34.1 Å². The van der Waals surface area contributed by atoms with E-state index in [-0.39, 0.29) is 5.56 Å². The van der Waals surface area contributed by atoms with Crippen molar-refractivity contribution in [1.82, 2.24) is 0 Å². The number of rotatable bonds is 5. The molecule has 0 unspecified atom stereocenters. The van der Waals surface area contributed by atoms with Gasteiger partial charge in [0.25, 0.3) is 0 Å². The Morgan fingerprint density at radius 3 is 2.63 bits per heavy atom. The van der Waals surface area contributed by atoms with E-state index in [2.05, 4.69) is 20.9 Å². The molecule has 0 saturated heterocycles. The largest absolute Gasteiger partial charge is 0.465 e. The number of nitrogens with zero attached hydrogens (tertiary/aromatic N) is 1. The second-order valence-corrected chi connectivity index (χ2v) is 8.00. The molecular formula is C19H12BrCl2NO3S. The first-order valence-corrected chi connectivity index (χ1v) is 9.97. The molecule has 0 N–H and O–H groups in total. The number of halogens is 3. The van der Waals surface area contributed by atoms with Gasteiger partial charge < -0.3 is 9.15 Å². The van der Waals surface area contributed by atoms with Gasteiger partial charge in [-0.15, -0.1) is 0 Å². The van der Waals surface area contributed by atoms with Crippen LogP contribution in [-0.4, -0.2) is 19.3 Å². The molecule has 0 atom stereocenters. The zero-order chi connectivity index (χ0) is 19.4. The van der Waals surface area contributed by atoms with Crippen LogP contribution in [0.5, 0.6) is 0 Å². The molecule has 27 heavy (non-hydrogen) atoms. The summed E-state index contributed by atoms with van der Waals surface area (Å²) in [6, 6.07) is 14.2. The Kier molecular flexibility index (Phi) is 6.65. The molecule has 4 nitrogen and oxygen atoms in total. The molecule has 0 saturated carbocycles. The van der Waals surface area contributed by atoms with E-state index in [1.54, 1.807) is 24.4 Å². The summed E-state index contributed by atoms with van der Waals surface area (Å²) in [6.07, 6.45) is 1.57. The number of esters is 1. The van der Waals surface area contributed by atoms with Crippen LogP contribution >= 0.6 is 50.9 Å². The van der Waals surface area contributed by atoms with E-state index in [0.29, 0.717) is 26.6 Å². The Labute approximate surface area is 178 Å². The fourth-order valence-corrected chi connectivity index (χ4v) is 3.76. The minimum atomic E-state index is -0.514. The second kappa shape index (κ2) is 8.97. The number of ether oxygens (including phenoxy) is 1. The fourth-order valence-electron chi connectivity index (χ4n) is 2.11. The monoisotopic (exact) mass is 483 g/mol. The van der Waals surface area contributed by atoms with E-state index in [4.69, 9.17) is 32.4 Å². The van der Waals surface area contributed by atoms with Crippen LogP contribution in [0.3, 0.4) is 0 Å². The SMILES string of the molecule is COC(=O)c1cc(N=Cc2cc(Br)c(Sc3ccc(Cl)cc3)o2)ccc1Cl. The first-order chi connectivity index (χ1) is 13.0. The average Bonchev–Trinajstić information content (AvgIpc) is 3.01. The molecule has 2 aromatic carbocycles. The van der Waals surface area contributed by atoms with Gasteiger partial charge >= 0.3 is 5.97 Å². The molecule has 0 aliphatic heterocycles. The van der Waals surface area contributed by atoms with Crippen LogP contribution in [0.4, 0.5) is 5.69 Å². The first kappa shape index (κ1) is 20.0. The minimum absolute atomic E-state index is 0.258. The van der Waals surface area contributed by atoms with Gasteiger partial charge in [-0.2, -0.15) is 0 Å². The summed E-state index contributed by atoms with van der Waals surface area (Å²) in [4.78, 5) is 17.0. The predicted octanol–water partition coefficient (Wildman–Crippen LogP) is 7.04. The van der Waals surface area contributed by atoms with Crippen molar-refractivity contribution in [3.05, 3.63) is 74.4 Å². The first-order valence-electron chi connectivity index (χ1n) is 7.61. The molecule has 0 spiro atoms. The second-order valence-electron chi connectivity index (χ2n) is 5.25. The number of methoxy groups -OCH3 is 1. The Hall–Kier alpha value is -1.73. The van der Waals surface area contributed by atoms with Crippen LogP contribution in [0.15, 0.2) is 72.4 Å². The van der Waals surface area contributed by atoms with Crippen molar-refractivity contribution in [1.29, 1.82) is 0 Å². The highest BCUT2D eigenvalue weighted by Crippen LogP contribution is 2.36. The van der Waals surface area contributed by atoms with Crippen molar-refractivity contribution in [2.24, 2.45) is 4.99 Å². The molecular weight excluding hydrogens is 473 g/mol. The summed E-state index contributed by atoms with van der Waals surface area (Å²) < 4.78 is 11.3. The van der Waals surface area contributed by atoms with E-state index in [1.165, 1.54) is 18.9 Å². The number of furan rings is 1. The molecule has 0 fully saturated rings. The van der Waals surface area contributed by atoms with Gasteiger partial charge in [0.15, 0.2) is 5.09 Å². The van der Waals surface area contributed by atoms with E-state index >= 15 is 0 Å². The Morgan fingerprint density at radius 2 is 1.93 bits per heavy atom. The maximum Gasteiger partial charge on any atom is 0.339 e. The summed E-state index contributed by atoms with van der Waals surface area (Å²) in [5.74, 6) is 0.0485. The van der Waals surface area contributed by atoms with Crippen molar-refractivity contribution in [2.45, 2.75) is 9.99 Å². The lowest BCUT2D eigenvalue weighted by molar-refractivity contribution is 0.0601. The molecule has 0 aliphatic carbocycles. The van der Waals surface area contributed by atoms with Crippen LogP contribution in [0.25, 0.3) is 0 Å². The molecule has 0 aliphatic rings. The van der Waals surface area contributed by atoms with E-state index in [1.807, 2.05) is 30.3 Å². The van der Waals surface area contributed by atoms with Crippen LogP contribution in [0, 0.1) is 0 Å². The maximum absolute atomic E-state index is 11.7. The van der Waals surface area contributed by atoms with Crippen molar-refractivity contribution in [3.63, 3.8) is 0 Å². The molecule has 8 heteroatoms. The van der Waals surface area contributed by atoms with Crippen molar-refractivity contribution >= 4 is 68.8 Å². The molecule has 0 amide bonds. The van der Waals surface area contributed by atoms with Crippen LogP contribution < -0.4 is 0 Å². The topological polar surface area (TPSA) is 51.8 Å². The quantitative estimate of drug-likeness (QED) is 0.288. The number of carbonyl (C=O) groups is 1. The molecule has 138 valence electrons. The predicted molar refractivity (Wildman–Crippen MR) is 112 cm³/mol. The van der Waals surface area contributed by atoms with Gasteiger partial charge in [0.1, 0.15) is 5.76 Å². The molecule has 3 rings (SSSR count). The third-order valence-electron chi connectivity index (χ3n) is 3.39. The molecule has 0 radical (unpaired) electrons. The highest BCUT2D eigenvalue weighted by Gasteiger charge is 2.12. The van der Waals surface area contributed by atoms with Crippen molar-refractivity contribution < 1.29 is 13.9 Å². The Bertz CT molecular complexity index is 1000. The maximum atomic E-state index is 11.7. The number of hydrogen-bond donors (Lipinski definition) is 0. The zero-order valence-corrected chi connectivity index (χ0v) is 17.8. The molecule has 3 aromatic rings. The smallest absolute Gasteiger partial charge is 0.339 e. The van der Waals surface area contributed by atoms with Crippen LogP contribution in [0.1, 0.15) is 16.1 Å². The van der Waals surface area contributed by atoms with E-state index in [0.717, 1.165) is 9.37 Å². The van der Waals surface area contributed by atoms with Gasteiger partial charge in [-0.05, 0) is 58.4 Å². The summed E-state index contributed by atoms with van der Waals surface area (Å²) in [7, 11) is 1.30. The van der Waals surface area contributed by atoms with Gasteiger partial charge in [0, 0.05) is 16.0 Å². The minimum Gasteiger partial charge on any atom is -0.465 e. The average molecular weight is 485 g/mol. The number of hydrogen-bond acceptors (Lipinski definition) is 5. The number of carbonyl (C=O) groups excluding carboxylic acids is 1. The lowest BCUT2D eigenvalue weighted by Gasteiger charge is -2.02. The lowest BCUT2D eigenvalue weighted by Crippen LogP contribution is -2.01. The summed E-state index contributed by atoms with van der Waals surface area (Å²) >= 11 is 16.9. The van der Waals surface area contributed by atoms with Crippen molar-refractivity contribution in [3.8, 4) is 0 Å². The Balaban J connectivity index is 1.78. The Morgan fingerprint density at radius 1 is 1.19 bits per heavy atom. The van der Waals surface area contributed by atoms with Gasteiger partial charge in [0.2, 0.25) is 0 Å². The molecule has 0 bridgehead atoms. The highest BCUT2D eigenvalue weighted by molar-refractivity contribution is 9.10. The number of benzene rings is 2. The third kappa shape index (κ3) is 5.17. The standard InChI is InChI=1S/C19H12BrCl2NO3S/c1-25-18(24)15-8-12(4-7-17(15)22)23-10-13-9-16(20)19(26-13)27-14-5-2-11(21)3-6-14/h2-10H,1H3. The van der Waals surface area contributed by atoms with Gasteiger partial charge in [-0.3, -0.25) is 4.99 Å². The van der Waals surface area contributed by atoms with Gasteiger partial charge in [-0.1, -0.05) is 35.0 Å². The highest BCUT2D eigenvalue weighted by atomic mass is 79.9. The number of aliphatic imine (C=N–C) groups is 1. The fraction of sp³-hybridized carbons (Fsp3) is 0.0526. The normalized spacial score (nSPS) is 11.1. The van der Waals surface area contributed by atoms with E-state index < -0.39 is 5.97 Å². The van der Waals surface area contributed by atoms with E-state index in [9.17, 15) is 4.79 Å². The third-order valence-corrected chi connectivity index (χ3v) is 5.82. The molecule has 1 aromatic heterocycles. The zero-order valence-electron chi connectivity index (χ0n) is 13.9. The lowest BCUT2D eigenvalue weighted by atomic mass is 10.2.